The fourth-order valence-electron chi connectivity index (χ4n) is 1.59. The van der Waals surface area contributed by atoms with Gasteiger partial charge in [0.1, 0.15) is 0 Å². The van der Waals surface area contributed by atoms with Gasteiger partial charge in [-0.25, -0.2) is 0 Å². The monoisotopic (exact) mass is 156 g/mol. The van der Waals surface area contributed by atoms with Crippen molar-refractivity contribution in [2.75, 3.05) is 7.11 Å². The van der Waals surface area contributed by atoms with E-state index in [0.29, 0.717) is 0 Å². The third kappa shape index (κ3) is 2.84. The second-order valence-electron chi connectivity index (χ2n) is 3.06. The molecule has 0 heterocycles. The molecule has 0 N–H and O–H groups in total. The van der Waals surface area contributed by atoms with Gasteiger partial charge in [0.05, 0.1) is 0 Å². The summed E-state index contributed by atoms with van der Waals surface area (Å²) in [5.74, 6) is 0.993. The molecule has 0 saturated heterocycles. The maximum absolute atomic E-state index is 5.07. The lowest BCUT2D eigenvalue weighted by Gasteiger charge is -2.20. The van der Waals surface area contributed by atoms with Gasteiger partial charge in [0, 0.05) is 7.11 Å². The van der Waals surface area contributed by atoms with Crippen LogP contribution >= 0.6 is 0 Å². The number of hydrogen-bond donors (Lipinski definition) is 0. The normalized spacial score (nSPS) is 21.3. The van der Waals surface area contributed by atoms with Crippen molar-refractivity contribution in [2.24, 2.45) is 5.92 Å². The van der Waals surface area contributed by atoms with Crippen molar-refractivity contribution in [2.45, 2.75) is 38.1 Å². The molecule has 1 saturated carbocycles. The zero-order valence-electron chi connectivity index (χ0n) is 6.73. The van der Waals surface area contributed by atoms with Gasteiger partial charge >= 0.3 is 0 Å². The highest BCUT2D eigenvalue weighted by Crippen LogP contribution is 2.26. The van der Waals surface area contributed by atoms with E-state index in [-0.39, 0.29) is 0 Å². The highest BCUT2D eigenvalue weighted by molar-refractivity contribution is 6.27. The average molecular weight is 156 g/mol. The van der Waals surface area contributed by atoms with Gasteiger partial charge in [-0.1, -0.05) is 32.1 Å². The molecule has 58 valence electrons. The zero-order valence-corrected chi connectivity index (χ0v) is 7.73. The lowest BCUT2D eigenvalue weighted by atomic mass is 9.91. The van der Waals surface area contributed by atoms with E-state index in [1.165, 1.54) is 38.1 Å². The third-order valence-electron chi connectivity index (χ3n) is 2.24. The van der Waals surface area contributed by atoms with Crippen molar-refractivity contribution in [1.29, 1.82) is 0 Å². The summed E-state index contributed by atoms with van der Waals surface area (Å²) in [4.78, 5) is 0. The van der Waals surface area contributed by atoms with Gasteiger partial charge in [0.2, 0.25) is 9.76 Å². The lowest BCUT2D eigenvalue weighted by Crippen LogP contribution is -2.09. The second-order valence-corrected chi connectivity index (χ2v) is 4.16. The largest absolute Gasteiger partial charge is 0.421 e. The standard InChI is InChI=1S/C8H16OSi/c1-9-10-7-8-5-3-2-4-6-8/h8H,2-7H2,1H3. The zero-order chi connectivity index (χ0) is 7.23. The molecule has 2 heteroatoms. The van der Waals surface area contributed by atoms with Crippen LogP contribution < -0.4 is 0 Å². The molecule has 0 aliphatic heterocycles. The van der Waals surface area contributed by atoms with Crippen molar-refractivity contribution in [3.63, 3.8) is 0 Å². The summed E-state index contributed by atoms with van der Waals surface area (Å²) in [7, 11) is 2.55. The summed E-state index contributed by atoms with van der Waals surface area (Å²) in [6.07, 6.45) is 7.29. The Labute approximate surface area is 66.1 Å². The highest BCUT2D eigenvalue weighted by atomic mass is 28.2. The molecule has 10 heavy (non-hydrogen) atoms. The summed E-state index contributed by atoms with van der Waals surface area (Å²) < 4.78 is 5.07. The third-order valence-corrected chi connectivity index (χ3v) is 3.27. The Bertz CT molecular complexity index is 79.3. The maximum Gasteiger partial charge on any atom is 0.229 e. The van der Waals surface area contributed by atoms with Gasteiger partial charge < -0.3 is 4.43 Å². The number of hydrogen-bond acceptors (Lipinski definition) is 1. The van der Waals surface area contributed by atoms with E-state index in [0.717, 1.165) is 15.7 Å². The summed E-state index contributed by atoms with van der Waals surface area (Å²) in [5.41, 5.74) is 0. The van der Waals surface area contributed by atoms with Crippen molar-refractivity contribution >= 4 is 9.76 Å². The first kappa shape index (κ1) is 8.28. The van der Waals surface area contributed by atoms with Crippen LogP contribution in [0.25, 0.3) is 0 Å². The molecule has 0 aromatic heterocycles. The van der Waals surface area contributed by atoms with Gasteiger partial charge in [-0.15, -0.1) is 0 Å². The quantitative estimate of drug-likeness (QED) is 0.569. The average Bonchev–Trinajstić information content (AvgIpc) is 2.03. The highest BCUT2D eigenvalue weighted by Gasteiger charge is 2.12. The molecule has 0 spiro atoms. The summed E-state index contributed by atoms with van der Waals surface area (Å²) in [6, 6.07) is 1.32. The van der Waals surface area contributed by atoms with Crippen LogP contribution in [-0.4, -0.2) is 16.9 Å². The molecule has 0 aromatic carbocycles. The Hall–Kier alpha value is 0.177. The minimum atomic E-state index is 0.746. The Morgan fingerprint density at radius 1 is 1.30 bits per heavy atom. The van der Waals surface area contributed by atoms with E-state index in [9.17, 15) is 0 Å². The van der Waals surface area contributed by atoms with Crippen molar-refractivity contribution in [1.82, 2.24) is 0 Å². The molecule has 0 aromatic rings. The van der Waals surface area contributed by atoms with Crippen molar-refractivity contribution in [3.8, 4) is 0 Å². The molecular weight excluding hydrogens is 140 g/mol. The molecule has 2 radical (unpaired) electrons. The minimum Gasteiger partial charge on any atom is -0.421 e. The van der Waals surface area contributed by atoms with Crippen LogP contribution in [0.3, 0.4) is 0 Å². The maximum atomic E-state index is 5.07. The summed E-state index contributed by atoms with van der Waals surface area (Å²) in [5, 5.41) is 0. The first-order valence-electron chi connectivity index (χ1n) is 4.19. The summed E-state index contributed by atoms with van der Waals surface area (Å²) >= 11 is 0. The fourth-order valence-corrected chi connectivity index (χ4v) is 2.40. The molecule has 1 rings (SSSR count). The van der Waals surface area contributed by atoms with Gasteiger partial charge in [0.15, 0.2) is 0 Å². The van der Waals surface area contributed by atoms with Crippen molar-refractivity contribution in [3.05, 3.63) is 0 Å². The molecule has 1 aliphatic carbocycles. The van der Waals surface area contributed by atoms with Gasteiger partial charge in [0.25, 0.3) is 0 Å². The van der Waals surface area contributed by atoms with Crippen LogP contribution in [0.5, 0.6) is 0 Å². The fraction of sp³-hybridized carbons (Fsp3) is 1.00. The predicted molar refractivity (Wildman–Crippen MR) is 44.1 cm³/mol. The molecule has 1 fully saturated rings. The molecule has 1 nitrogen and oxygen atoms in total. The van der Waals surface area contributed by atoms with E-state index in [1.807, 2.05) is 0 Å². The van der Waals surface area contributed by atoms with Crippen LogP contribution in [0.1, 0.15) is 32.1 Å². The van der Waals surface area contributed by atoms with Crippen molar-refractivity contribution < 1.29 is 4.43 Å². The van der Waals surface area contributed by atoms with Gasteiger partial charge in [-0.2, -0.15) is 0 Å². The van der Waals surface area contributed by atoms with Crippen LogP contribution in [-0.2, 0) is 4.43 Å². The Balaban J connectivity index is 2.02. The Morgan fingerprint density at radius 3 is 2.60 bits per heavy atom. The van der Waals surface area contributed by atoms with E-state index < -0.39 is 0 Å². The SMILES string of the molecule is CO[Si]CC1CCCCC1. The number of rotatable bonds is 3. The van der Waals surface area contributed by atoms with Gasteiger partial charge in [-0.3, -0.25) is 0 Å². The van der Waals surface area contributed by atoms with E-state index in [1.54, 1.807) is 7.11 Å². The smallest absolute Gasteiger partial charge is 0.229 e. The topological polar surface area (TPSA) is 9.23 Å². The predicted octanol–water partition coefficient (Wildman–Crippen LogP) is 2.25. The van der Waals surface area contributed by atoms with E-state index in [4.69, 9.17) is 4.43 Å². The Kier molecular flexibility index (Phi) is 4.06. The van der Waals surface area contributed by atoms with E-state index in [2.05, 4.69) is 0 Å². The minimum absolute atomic E-state index is 0.746. The van der Waals surface area contributed by atoms with E-state index >= 15 is 0 Å². The lowest BCUT2D eigenvalue weighted by molar-refractivity contribution is 0.365. The molecule has 0 amide bonds. The molecule has 0 unspecified atom stereocenters. The second kappa shape index (κ2) is 4.91. The Morgan fingerprint density at radius 2 is 2.00 bits per heavy atom. The summed E-state index contributed by atoms with van der Waals surface area (Å²) in [6.45, 7) is 0. The van der Waals surface area contributed by atoms with Crippen LogP contribution in [0.15, 0.2) is 0 Å². The van der Waals surface area contributed by atoms with Crippen LogP contribution in [0.4, 0.5) is 0 Å². The van der Waals surface area contributed by atoms with Crippen LogP contribution in [0.2, 0.25) is 6.04 Å². The molecular formula is C8H16OSi. The molecule has 0 bridgehead atoms. The first-order chi connectivity index (χ1) is 4.93. The van der Waals surface area contributed by atoms with Gasteiger partial charge in [-0.05, 0) is 12.0 Å². The van der Waals surface area contributed by atoms with Crippen LogP contribution in [0, 0.1) is 5.92 Å². The molecule has 0 atom stereocenters. The molecule has 1 aliphatic rings. The first-order valence-corrected chi connectivity index (χ1v) is 5.31.